The zero-order valence-corrected chi connectivity index (χ0v) is 20.6. The highest BCUT2D eigenvalue weighted by Gasteiger charge is 2.33. The average Bonchev–Trinajstić information content (AvgIpc) is 2.80. The largest absolute Gasteiger partial charge is 0.416 e. The highest BCUT2D eigenvalue weighted by atomic mass is 19.4. The van der Waals surface area contributed by atoms with Gasteiger partial charge in [-0.2, -0.15) is 13.2 Å². The molecule has 0 unspecified atom stereocenters. The molecule has 35 heavy (non-hydrogen) atoms. The van der Waals surface area contributed by atoms with Crippen molar-refractivity contribution >= 4 is 21.5 Å². The summed E-state index contributed by atoms with van der Waals surface area (Å²) in [7, 11) is 0. The Kier molecular flexibility index (Phi) is 5.47. The van der Waals surface area contributed by atoms with Gasteiger partial charge in [0.1, 0.15) is 0 Å². The second kappa shape index (κ2) is 8.27. The number of hydrogen-bond acceptors (Lipinski definition) is 0. The molecular weight excluding hydrogens is 441 g/mol. The topological polar surface area (TPSA) is 0 Å². The maximum atomic E-state index is 13.8. The van der Waals surface area contributed by atoms with Gasteiger partial charge in [-0.3, -0.25) is 0 Å². The third kappa shape index (κ3) is 3.89. The molecule has 0 aliphatic heterocycles. The lowest BCUT2D eigenvalue weighted by molar-refractivity contribution is -0.138. The number of halogens is 3. The number of hydrogen-bond donors (Lipinski definition) is 0. The minimum absolute atomic E-state index is 0.230. The summed E-state index contributed by atoms with van der Waals surface area (Å²) in [5, 5.41) is 4.01. The Morgan fingerprint density at radius 1 is 0.457 bits per heavy atom. The molecular formula is C32H27F3. The molecule has 0 amide bonds. The van der Waals surface area contributed by atoms with Crippen LogP contribution in [0.1, 0.15) is 33.4 Å². The normalized spacial score (nSPS) is 12.0. The van der Waals surface area contributed by atoms with Crippen molar-refractivity contribution < 1.29 is 13.2 Å². The van der Waals surface area contributed by atoms with E-state index in [1.807, 2.05) is 24.3 Å². The fraction of sp³-hybridized carbons (Fsp3) is 0.188. The smallest absolute Gasteiger partial charge is 0.166 e. The van der Waals surface area contributed by atoms with E-state index >= 15 is 0 Å². The van der Waals surface area contributed by atoms with Crippen LogP contribution in [0.2, 0.25) is 0 Å². The van der Waals surface area contributed by atoms with Gasteiger partial charge in [0.2, 0.25) is 0 Å². The van der Waals surface area contributed by atoms with Crippen LogP contribution in [0.3, 0.4) is 0 Å². The van der Waals surface area contributed by atoms with Crippen LogP contribution in [0, 0.1) is 34.6 Å². The molecule has 0 heterocycles. The summed E-state index contributed by atoms with van der Waals surface area (Å²) in [6.07, 6.45) is -4.41. The summed E-state index contributed by atoms with van der Waals surface area (Å²) in [6, 6.07) is 23.6. The molecule has 176 valence electrons. The quantitative estimate of drug-likeness (QED) is 0.226. The van der Waals surface area contributed by atoms with Crippen LogP contribution >= 0.6 is 0 Å². The summed E-state index contributed by atoms with van der Waals surface area (Å²) in [5.41, 5.74) is 8.01. The van der Waals surface area contributed by atoms with Crippen molar-refractivity contribution in [2.24, 2.45) is 0 Å². The van der Waals surface area contributed by atoms with Gasteiger partial charge in [0.05, 0.1) is 5.56 Å². The third-order valence-electron chi connectivity index (χ3n) is 7.27. The Bertz CT molecular complexity index is 1620. The van der Waals surface area contributed by atoms with Gasteiger partial charge in [0, 0.05) is 0 Å². The molecule has 0 bridgehead atoms. The predicted octanol–water partition coefficient (Wildman–Crippen LogP) is 9.89. The molecule has 0 aromatic heterocycles. The number of aryl methyl sites for hydroxylation is 5. The number of alkyl halides is 3. The van der Waals surface area contributed by atoms with Crippen molar-refractivity contribution in [3.63, 3.8) is 0 Å². The van der Waals surface area contributed by atoms with Crippen molar-refractivity contribution in [3.05, 3.63) is 106 Å². The second-order valence-corrected chi connectivity index (χ2v) is 9.60. The van der Waals surface area contributed by atoms with Gasteiger partial charge in [0.15, 0.2) is 0 Å². The van der Waals surface area contributed by atoms with E-state index in [1.54, 1.807) is 6.07 Å². The molecule has 5 aromatic rings. The van der Waals surface area contributed by atoms with Crippen LogP contribution in [0.15, 0.2) is 72.8 Å². The van der Waals surface area contributed by atoms with Gasteiger partial charge in [0.25, 0.3) is 0 Å². The Morgan fingerprint density at radius 3 is 1.40 bits per heavy atom. The van der Waals surface area contributed by atoms with Gasteiger partial charge in [-0.05, 0) is 112 Å². The van der Waals surface area contributed by atoms with Gasteiger partial charge < -0.3 is 0 Å². The van der Waals surface area contributed by atoms with E-state index in [2.05, 4.69) is 64.1 Å². The van der Waals surface area contributed by atoms with E-state index in [9.17, 15) is 13.2 Å². The number of rotatable bonds is 2. The summed E-state index contributed by atoms with van der Waals surface area (Å²) in [4.78, 5) is 0. The summed E-state index contributed by atoms with van der Waals surface area (Å²) >= 11 is 0. The maximum absolute atomic E-state index is 13.8. The highest BCUT2D eigenvalue weighted by Crippen LogP contribution is 2.45. The van der Waals surface area contributed by atoms with Crippen LogP contribution in [-0.4, -0.2) is 0 Å². The Hall–Kier alpha value is -3.59. The molecule has 3 heteroatoms. The van der Waals surface area contributed by atoms with E-state index < -0.39 is 11.7 Å². The van der Waals surface area contributed by atoms with Crippen LogP contribution in [0.5, 0.6) is 0 Å². The molecule has 0 aliphatic rings. The second-order valence-electron chi connectivity index (χ2n) is 9.60. The Morgan fingerprint density at radius 2 is 0.914 bits per heavy atom. The first-order valence-corrected chi connectivity index (χ1v) is 11.8. The maximum Gasteiger partial charge on any atom is 0.416 e. The molecule has 5 rings (SSSR count). The van der Waals surface area contributed by atoms with Crippen molar-refractivity contribution in [1.29, 1.82) is 0 Å². The first-order valence-electron chi connectivity index (χ1n) is 11.8. The molecule has 0 fully saturated rings. The van der Waals surface area contributed by atoms with Crippen LogP contribution in [0.25, 0.3) is 43.8 Å². The molecule has 0 spiro atoms. The fourth-order valence-electron chi connectivity index (χ4n) is 5.04. The van der Waals surface area contributed by atoms with E-state index in [1.165, 1.54) is 24.1 Å². The SMILES string of the molecule is Cc1ccc(-c2c3ccccc3c(-c3ccc(C)c(C(F)(F)F)c3)c3cc(C)c(C)cc23)cc1C. The minimum atomic E-state index is -4.41. The number of fused-ring (bicyclic) bond motifs is 2. The fourth-order valence-corrected chi connectivity index (χ4v) is 5.04. The van der Waals surface area contributed by atoms with Crippen molar-refractivity contribution in [2.45, 2.75) is 40.8 Å². The van der Waals surface area contributed by atoms with Gasteiger partial charge in [-0.15, -0.1) is 0 Å². The van der Waals surface area contributed by atoms with Gasteiger partial charge in [-0.1, -0.05) is 66.7 Å². The molecule has 5 aromatic carbocycles. The lowest BCUT2D eigenvalue weighted by Crippen LogP contribution is -2.07. The van der Waals surface area contributed by atoms with E-state index in [0.29, 0.717) is 5.56 Å². The predicted molar refractivity (Wildman–Crippen MR) is 141 cm³/mol. The van der Waals surface area contributed by atoms with Crippen molar-refractivity contribution in [1.82, 2.24) is 0 Å². The molecule has 0 aliphatic carbocycles. The standard InChI is InChI=1S/C32H27F3/c1-18-10-12-23(14-20(18)3)30-25-8-6-7-9-26(25)31(28-16-22(5)21(4)15-27(28)30)24-13-11-19(2)29(17-24)32(33,34)35/h6-17H,1-5H3. The minimum Gasteiger partial charge on any atom is -0.166 e. The first kappa shape index (κ1) is 23.2. The van der Waals surface area contributed by atoms with Gasteiger partial charge in [-0.25, -0.2) is 0 Å². The van der Waals surface area contributed by atoms with Crippen LogP contribution in [-0.2, 0) is 6.18 Å². The molecule has 0 radical (unpaired) electrons. The molecule has 0 N–H and O–H groups in total. The lowest BCUT2D eigenvalue weighted by atomic mass is 9.83. The molecule has 0 saturated heterocycles. The summed E-state index contributed by atoms with van der Waals surface area (Å²) in [6.45, 7) is 9.86. The zero-order chi connectivity index (χ0) is 25.1. The van der Waals surface area contributed by atoms with Crippen molar-refractivity contribution in [2.75, 3.05) is 0 Å². The monoisotopic (exact) mass is 468 g/mol. The van der Waals surface area contributed by atoms with E-state index in [0.717, 1.165) is 49.4 Å². The summed E-state index contributed by atoms with van der Waals surface area (Å²) < 4.78 is 41.5. The molecule has 0 nitrogen and oxygen atoms in total. The van der Waals surface area contributed by atoms with E-state index in [4.69, 9.17) is 0 Å². The number of benzene rings is 5. The third-order valence-corrected chi connectivity index (χ3v) is 7.27. The zero-order valence-electron chi connectivity index (χ0n) is 20.6. The Balaban J connectivity index is 1.98. The lowest BCUT2D eigenvalue weighted by Gasteiger charge is -2.20. The average molecular weight is 469 g/mol. The Labute approximate surface area is 204 Å². The summed E-state index contributed by atoms with van der Waals surface area (Å²) in [5.74, 6) is 0. The highest BCUT2D eigenvalue weighted by molar-refractivity contribution is 6.21. The molecule has 0 saturated carbocycles. The van der Waals surface area contributed by atoms with Crippen LogP contribution < -0.4 is 0 Å². The first-order chi connectivity index (χ1) is 16.6. The van der Waals surface area contributed by atoms with E-state index in [-0.39, 0.29) is 5.56 Å². The van der Waals surface area contributed by atoms with Crippen LogP contribution in [0.4, 0.5) is 13.2 Å². The molecule has 0 atom stereocenters. The van der Waals surface area contributed by atoms with Crippen molar-refractivity contribution in [3.8, 4) is 22.3 Å². The van der Waals surface area contributed by atoms with Gasteiger partial charge >= 0.3 is 6.18 Å².